The molecule has 1 rings (SSSR count). The molecule has 0 spiro atoms. The summed E-state index contributed by atoms with van der Waals surface area (Å²) in [5, 5.41) is 3.27. The van der Waals surface area contributed by atoms with E-state index in [0.717, 1.165) is 24.6 Å². The molecule has 0 fully saturated rings. The predicted octanol–water partition coefficient (Wildman–Crippen LogP) is 3.98. The quantitative estimate of drug-likeness (QED) is 0.723. The first-order valence-corrected chi connectivity index (χ1v) is 5.60. The fraction of sp³-hybridized carbons (Fsp3) is 0.538. The molecule has 0 atom stereocenters. The maximum Gasteiger partial charge on any atom is 0.128 e. The van der Waals surface area contributed by atoms with Crippen LogP contribution >= 0.6 is 0 Å². The van der Waals surface area contributed by atoms with Crippen molar-refractivity contribution in [2.45, 2.75) is 33.6 Å². The van der Waals surface area contributed by atoms with E-state index in [9.17, 15) is 4.39 Å². The van der Waals surface area contributed by atoms with Gasteiger partial charge in [-0.15, -0.1) is 0 Å². The van der Waals surface area contributed by atoms with Crippen LogP contribution in [0.25, 0.3) is 0 Å². The van der Waals surface area contributed by atoms with Gasteiger partial charge in [-0.3, -0.25) is 0 Å². The van der Waals surface area contributed by atoms with Crippen LogP contribution in [0.1, 0.15) is 32.3 Å². The highest BCUT2D eigenvalue weighted by Crippen LogP contribution is 2.17. The average molecular weight is 209 g/mol. The van der Waals surface area contributed by atoms with Crippen LogP contribution in [0, 0.1) is 18.7 Å². The van der Waals surface area contributed by atoms with Crippen molar-refractivity contribution in [1.29, 1.82) is 0 Å². The normalized spacial score (nSPS) is 10.7. The third kappa shape index (κ3) is 3.90. The summed E-state index contributed by atoms with van der Waals surface area (Å²) in [6, 6.07) is 5.16. The minimum absolute atomic E-state index is 0.135. The fourth-order valence-corrected chi connectivity index (χ4v) is 1.53. The van der Waals surface area contributed by atoms with Gasteiger partial charge in [0.2, 0.25) is 0 Å². The zero-order chi connectivity index (χ0) is 11.3. The maximum absolute atomic E-state index is 13.2. The first-order chi connectivity index (χ1) is 7.11. The van der Waals surface area contributed by atoms with Crippen molar-refractivity contribution in [2.75, 3.05) is 11.9 Å². The maximum atomic E-state index is 13.2. The lowest BCUT2D eigenvalue weighted by molar-refractivity contribution is 0.566. The molecule has 15 heavy (non-hydrogen) atoms. The molecule has 1 nitrogen and oxygen atoms in total. The lowest BCUT2D eigenvalue weighted by Gasteiger charge is -2.10. The van der Waals surface area contributed by atoms with Gasteiger partial charge in [-0.25, -0.2) is 4.39 Å². The fourth-order valence-electron chi connectivity index (χ4n) is 1.53. The molecule has 2 heteroatoms. The number of rotatable bonds is 5. The lowest BCUT2D eigenvalue weighted by atomic mass is 10.1. The topological polar surface area (TPSA) is 12.0 Å². The Kier molecular flexibility index (Phi) is 4.60. The van der Waals surface area contributed by atoms with E-state index in [0.29, 0.717) is 5.56 Å². The number of hydrogen-bond acceptors (Lipinski definition) is 1. The molecule has 0 aliphatic rings. The number of benzene rings is 1. The van der Waals surface area contributed by atoms with Crippen LogP contribution in [0.3, 0.4) is 0 Å². The average Bonchev–Trinajstić information content (AvgIpc) is 2.18. The summed E-state index contributed by atoms with van der Waals surface area (Å²) in [5.41, 5.74) is 1.63. The molecule has 84 valence electrons. The zero-order valence-corrected chi connectivity index (χ0v) is 9.81. The molecule has 0 aromatic heterocycles. The number of nitrogens with one attached hydrogen (secondary N) is 1. The van der Waals surface area contributed by atoms with E-state index >= 15 is 0 Å². The van der Waals surface area contributed by atoms with Gasteiger partial charge in [-0.05, 0) is 37.8 Å². The van der Waals surface area contributed by atoms with Crippen molar-refractivity contribution < 1.29 is 4.39 Å². The highest BCUT2D eigenvalue weighted by Gasteiger charge is 2.02. The molecular weight excluding hydrogens is 189 g/mol. The van der Waals surface area contributed by atoms with Crippen LogP contribution < -0.4 is 5.32 Å². The Morgan fingerprint density at radius 2 is 2.07 bits per heavy atom. The highest BCUT2D eigenvalue weighted by molar-refractivity contribution is 5.50. The van der Waals surface area contributed by atoms with Gasteiger partial charge >= 0.3 is 0 Å². The zero-order valence-electron chi connectivity index (χ0n) is 9.81. The molecule has 0 heterocycles. The Labute approximate surface area is 91.7 Å². The van der Waals surface area contributed by atoms with Gasteiger partial charge in [-0.1, -0.05) is 19.9 Å². The second-order valence-corrected chi connectivity index (χ2v) is 4.38. The van der Waals surface area contributed by atoms with Gasteiger partial charge in [0.05, 0.1) is 0 Å². The van der Waals surface area contributed by atoms with Crippen LogP contribution in [0.15, 0.2) is 18.2 Å². The van der Waals surface area contributed by atoms with Crippen molar-refractivity contribution in [3.8, 4) is 0 Å². The molecule has 0 unspecified atom stereocenters. The molecule has 0 bridgehead atoms. The van der Waals surface area contributed by atoms with E-state index in [1.807, 2.05) is 6.07 Å². The molecule has 0 radical (unpaired) electrons. The Hall–Kier alpha value is -1.05. The second-order valence-electron chi connectivity index (χ2n) is 4.38. The van der Waals surface area contributed by atoms with E-state index in [2.05, 4.69) is 19.2 Å². The molecule has 0 aliphatic heterocycles. The Morgan fingerprint density at radius 3 is 2.73 bits per heavy atom. The van der Waals surface area contributed by atoms with E-state index in [-0.39, 0.29) is 5.82 Å². The van der Waals surface area contributed by atoms with Gasteiger partial charge in [0.25, 0.3) is 0 Å². The predicted molar refractivity (Wildman–Crippen MR) is 63.7 cm³/mol. The van der Waals surface area contributed by atoms with Gasteiger partial charge < -0.3 is 5.32 Å². The standard InChI is InChI=1S/C13H20FN/c1-10(2)6-5-9-15-13-8-4-7-12(14)11(13)3/h4,7-8,10,15H,5-6,9H2,1-3H3. The summed E-state index contributed by atoms with van der Waals surface area (Å²) in [5.74, 6) is 0.601. The minimum Gasteiger partial charge on any atom is -0.385 e. The summed E-state index contributed by atoms with van der Waals surface area (Å²) in [6.07, 6.45) is 2.34. The summed E-state index contributed by atoms with van der Waals surface area (Å²) in [7, 11) is 0. The molecule has 1 N–H and O–H groups in total. The monoisotopic (exact) mass is 209 g/mol. The third-order valence-electron chi connectivity index (χ3n) is 2.54. The third-order valence-corrected chi connectivity index (χ3v) is 2.54. The lowest BCUT2D eigenvalue weighted by Crippen LogP contribution is -2.05. The first-order valence-electron chi connectivity index (χ1n) is 5.60. The van der Waals surface area contributed by atoms with Crippen molar-refractivity contribution in [3.63, 3.8) is 0 Å². The minimum atomic E-state index is -0.135. The van der Waals surface area contributed by atoms with Crippen LogP contribution in [0.2, 0.25) is 0 Å². The molecular formula is C13H20FN. The molecule has 0 saturated heterocycles. The van der Waals surface area contributed by atoms with E-state index in [1.165, 1.54) is 12.5 Å². The van der Waals surface area contributed by atoms with Crippen molar-refractivity contribution in [1.82, 2.24) is 0 Å². The van der Waals surface area contributed by atoms with Gasteiger partial charge in [0.1, 0.15) is 5.82 Å². The van der Waals surface area contributed by atoms with E-state index in [1.54, 1.807) is 13.0 Å². The van der Waals surface area contributed by atoms with Crippen LogP contribution in [0.5, 0.6) is 0 Å². The largest absolute Gasteiger partial charge is 0.385 e. The van der Waals surface area contributed by atoms with E-state index < -0.39 is 0 Å². The Bertz CT molecular complexity index is 307. The van der Waals surface area contributed by atoms with Crippen molar-refractivity contribution in [2.24, 2.45) is 5.92 Å². The number of hydrogen-bond donors (Lipinski definition) is 1. The van der Waals surface area contributed by atoms with Crippen molar-refractivity contribution in [3.05, 3.63) is 29.6 Å². The molecule has 0 aliphatic carbocycles. The van der Waals surface area contributed by atoms with Crippen LogP contribution in [0.4, 0.5) is 10.1 Å². The van der Waals surface area contributed by atoms with Crippen LogP contribution in [-0.4, -0.2) is 6.54 Å². The summed E-state index contributed by atoms with van der Waals surface area (Å²) < 4.78 is 13.2. The summed E-state index contributed by atoms with van der Waals surface area (Å²) in [4.78, 5) is 0. The van der Waals surface area contributed by atoms with Gasteiger partial charge in [0, 0.05) is 17.8 Å². The van der Waals surface area contributed by atoms with Gasteiger partial charge in [-0.2, -0.15) is 0 Å². The second kappa shape index (κ2) is 5.74. The molecule has 0 saturated carbocycles. The Balaban J connectivity index is 2.41. The highest BCUT2D eigenvalue weighted by atomic mass is 19.1. The van der Waals surface area contributed by atoms with E-state index in [4.69, 9.17) is 0 Å². The Morgan fingerprint density at radius 1 is 1.33 bits per heavy atom. The smallest absolute Gasteiger partial charge is 0.128 e. The number of halogens is 1. The number of anilines is 1. The summed E-state index contributed by atoms with van der Waals surface area (Å²) >= 11 is 0. The SMILES string of the molecule is Cc1c(F)cccc1NCCCC(C)C. The first kappa shape index (κ1) is 12.0. The molecule has 0 amide bonds. The molecule has 1 aromatic rings. The van der Waals surface area contributed by atoms with Crippen LogP contribution in [-0.2, 0) is 0 Å². The van der Waals surface area contributed by atoms with Crippen molar-refractivity contribution >= 4 is 5.69 Å². The molecule has 1 aromatic carbocycles. The summed E-state index contributed by atoms with van der Waals surface area (Å²) in [6.45, 7) is 7.16. The van der Waals surface area contributed by atoms with Gasteiger partial charge in [0.15, 0.2) is 0 Å².